The Bertz CT molecular complexity index is 1110. The minimum Gasteiger partial charge on any atom is -0.490 e. The molecule has 1 aliphatic heterocycles. The lowest BCUT2D eigenvalue weighted by Gasteiger charge is -2.16. The second-order valence-electron chi connectivity index (χ2n) is 8.06. The standard InChI is InChI=1S/C26H30N2O5S/c1-6-18(5)33-20-12-11-19(13-21(20)32-7-2)14-22-25(30)28(26(31)34-22)15-23(29)27-24-16(3)9-8-10-17(24)4/h8-14,18H,6-7,15H2,1-5H3,(H,27,29)/b22-14+/t18-/m0/s1. The summed E-state index contributed by atoms with van der Waals surface area (Å²) in [5.74, 6) is 0.282. The SMILES string of the molecule is CCOc1cc(/C=C2/SC(=O)N(CC(=O)Nc3c(C)cccc3C)C2=O)ccc1O[C@@H](C)CC. The van der Waals surface area contributed by atoms with Gasteiger partial charge in [-0.3, -0.25) is 19.3 Å². The average molecular weight is 483 g/mol. The maximum Gasteiger partial charge on any atom is 0.294 e. The lowest BCUT2D eigenvalue weighted by molar-refractivity contribution is -0.127. The maximum atomic E-state index is 12.9. The molecule has 1 atom stereocenters. The number of carbonyl (C=O) groups is 3. The van der Waals surface area contributed by atoms with Crippen LogP contribution in [0.5, 0.6) is 11.5 Å². The summed E-state index contributed by atoms with van der Waals surface area (Å²) in [5.41, 5.74) is 3.21. The molecular formula is C26H30N2O5S. The molecule has 1 heterocycles. The summed E-state index contributed by atoms with van der Waals surface area (Å²) in [6.45, 7) is 9.80. The van der Waals surface area contributed by atoms with Crippen LogP contribution in [-0.4, -0.2) is 41.2 Å². The van der Waals surface area contributed by atoms with Gasteiger partial charge in [-0.25, -0.2) is 0 Å². The average Bonchev–Trinajstić information content (AvgIpc) is 3.05. The van der Waals surface area contributed by atoms with Crippen molar-refractivity contribution in [2.45, 2.75) is 47.1 Å². The number of anilines is 1. The second-order valence-corrected chi connectivity index (χ2v) is 9.05. The number of thioether (sulfide) groups is 1. The fourth-order valence-electron chi connectivity index (χ4n) is 3.40. The summed E-state index contributed by atoms with van der Waals surface area (Å²) in [6, 6.07) is 11.1. The highest BCUT2D eigenvalue weighted by Gasteiger charge is 2.36. The van der Waals surface area contributed by atoms with Gasteiger partial charge in [0, 0.05) is 5.69 Å². The zero-order valence-electron chi connectivity index (χ0n) is 20.1. The Kier molecular flexibility index (Phi) is 8.39. The van der Waals surface area contributed by atoms with Crippen molar-refractivity contribution in [3.63, 3.8) is 0 Å². The number of aryl methyl sites for hydroxylation is 2. The topological polar surface area (TPSA) is 84.9 Å². The number of hydrogen-bond acceptors (Lipinski definition) is 6. The molecule has 3 rings (SSSR count). The maximum absolute atomic E-state index is 12.9. The Morgan fingerprint density at radius 2 is 1.82 bits per heavy atom. The monoisotopic (exact) mass is 482 g/mol. The smallest absolute Gasteiger partial charge is 0.294 e. The third-order valence-electron chi connectivity index (χ3n) is 5.39. The van der Waals surface area contributed by atoms with Crippen LogP contribution in [-0.2, 0) is 9.59 Å². The largest absolute Gasteiger partial charge is 0.490 e. The predicted molar refractivity (Wildman–Crippen MR) is 135 cm³/mol. The number of amides is 3. The highest BCUT2D eigenvalue weighted by molar-refractivity contribution is 8.18. The number of nitrogens with one attached hydrogen (secondary N) is 1. The lowest BCUT2D eigenvalue weighted by atomic mass is 10.1. The number of ether oxygens (including phenoxy) is 2. The molecule has 0 aromatic heterocycles. The molecule has 7 nitrogen and oxygen atoms in total. The van der Waals surface area contributed by atoms with E-state index in [1.54, 1.807) is 18.2 Å². The third-order valence-corrected chi connectivity index (χ3v) is 6.30. The molecule has 1 aliphatic rings. The van der Waals surface area contributed by atoms with Crippen LogP contribution in [0.1, 0.15) is 43.9 Å². The summed E-state index contributed by atoms with van der Waals surface area (Å²) < 4.78 is 11.6. The summed E-state index contributed by atoms with van der Waals surface area (Å²) in [4.78, 5) is 39.2. The van der Waals surface area contributed by atoms with Crippen LogP contribution in [0.25, 0.3) is 6.08 Å². The van der Waals surface area contributed by atoms with Gasteiger partial charge >= 0.3 is 0 Å². The molecular weight excluding hydrogens is 452 g/mol. The molecule has 180 valence electrons. The number of hydrogen-bond donors (Lipinski definition) is 1. The summed E-state index contributed by atoms with van der Waals surface area (Å²) in [7, 11) is 0. The summed E-state index contributed by atoms with van der Waals surface area (Å²) in [5, 5.41) is 2.34. The van der Waals surface area contributed by atoms with Crippen molar-refractivity contribution in [1.82, 2.24) is 4.90 Å². The van der Waals surface area contributed by atoms with Gasteiger partial charge in [0.15, 0.2) is 11.5 Å². The van der Waals surface area contributed by atoms with Crippen LogP contribution < -0.4 is 14.8 Å². The quantitative estimate of drug-likeness (QED) is 0.472. The Morgan fingerprint density at radius 1 is 1.12 bits per heavy atom. The Morgan fingerprint density at radius 3 is 2.47 bits per heavy atom. The molecule has 0 radical (unpaired) electrons. The number of rotatable bonds is 9. The van der Waals surface area contributed by atoms with Crippen molar-refractivity contribution in [2.24, 2.45) is 0 Å². The van der Waals surface area contributed by atoms with E-state index >= 15 is 0 Å². The van der Waals surface area contributed by atoms with Gasteiger partial charge in [0.2, 0.25) is 5.91 Å². The van der Waals surface area contributed by atoms with Gasteiger partial charge in [-0.2, -0.15) is 0 Å². The number of carbonyl (C=O) groups excluding carboxylic acids is 3. The molecule has 0 bridgehead atoms. The van der Waals surface area contributed by atoms with Gasteiger partial charge in [0.1, 0.15) is 6.54 Å². The van der Waals surface area contributed by atoms with E-state index in [-0.39, 0.29) is 17.6 Å². The van der Waals surface area contributed by atoms with Crippen molar-refractivity contribution in [3.8, 4) is 11.5 Å². The predicted octanol–water partition coefficient (Wildman–Crippen LogP) is 5.55. The Labute approximate surface area is 204 Å². The summed E-state index contributed by atoms with van der Waals surface area (Å²) >= 11 is 0.815. The van der Waals surface area contributed by atoms with Gasteiger partial charge in [0.05, 0.1) is 17.6 Å². The first kappa shape index (κ1) is 25.4. The molecule has 8 heteroatoms. The van der Waals surface area contributed by atoms with Gasteiger partial charge in [-0.1, -0.05) is 31.2 Å². The molecule has 2 aromatic carbocycles. The molecule has 1 N–H and O–H groups in total. The number of benzene rings is 2. The zero-order chi connectivity index (χ0) is 24.8. The molecule has 0 aliphatic carbocycles. The van der Waals surface area contributed by atoms with Crippen molar-refractivity contribution in [2.75, 3.05) is 18.5 Å². The van der Waals surface area contributed by atoms with Crippen LogP contribution in [0.15, 0.2) is 41.3 Å². The van der Waals surface area contributed by atoms with Gasteiger partial charge in [0.25, 0.3) is 11.1 Å². The summed E-state index contributed by atoms with van der Waals surface area (Å²) in [6.07, 6.45) is 2.53. The van der Waals surface area contributed by atoms with Crippen LogP contribution in [0.2, 0.25) is 0 Å². The van der Waals surface area contributed by atoms with E-state index in [2.05, 4.69) is 5.32 Å². The number of para-hydroxylation sites is 1. The van der Waals surface area contributed by atoms with E-state index in [1.807, 2.05) is 58.9 Å². The molecule has 0 spiro atoms. The number of imide groups is 1. The molecule has 34 heavy (non-hydrogen) atoms. The van der Waals surface area contributed by atoms with E-state index in [1.165, 1.54) is 0 Å². The molecule has 1 saturated heterocycles. The van der Waals surface area contributed by atoms with Gasteiger partial charge in [-0.05, 0) is 80.8 Å². The molecule has 0 unspecified atom stereocenters. The Balaban J connectivity index is 1.75. The highest BCUT2D eigenvalue weighted by atomic mass is 32.2. The van der Waals surface area contributed by atoms with Crippen molar-refractivity contribution in [3.05, 3.63) is 58.0 Å². The van der Waals surface area contributed by atoms with Crippen LogP contribution in [0.4, 0.5) is 10.5 Å². The fourth-order valence-corrected chi connectivity index (χ4v) is 4.24. The third kappa shape index (κ3) is 5.99. The lowest BCUT2D eigenvalue weighted by Crippen LogP contribution is -2.36. The van der Waals surface area contributed by atoms with E-state index in [0.29, 0.717) is 29.4 Å². The first-order chi connectivity index (χ1) is 16.2. The minimum atomic E-state index is -0.496. The van der Waals surface area contributed by atoms with E-state index in [4.69, 9.17) is 9.47 Å². The van der Waals surface area contributed by atoms with E-state index in [9.17, 15) is 14.4 Å². The van der Waals surface area contributed by atoms with Crippen molar-refractivity contribution >= 4 is 40.6 Å². The normalized spacial score (nSPS) is 15.6. The molecule has 3 amide bonds. The fraction of sp³-hybridized carbons (Fsp3) is 0.346. The van der Waals surface area contributed by atoms with Crippen LogP contribution >= 0.6 is 11.8 Å². The number of nitrogens with zero attached hydrogens (tertiary/aromatic N) is 1. The second kappa shape index (κ2) is 11.2. The van der Waals surface area contributed by atoms with E-state index < -0.39 is 17.1 Å². The van der Waals surface area contributed by atoms with Crippen LogP contribution in [0.3, 0.4) is 0 Å². The first-order valence-electron chi connectivity index (χ1n) is 11.3. The van der Waals surface area contributed by atoms with Gasteiger partial charge < -0.3 is 14.8 Å². The van der Waals surface area contributed by atoms with Crippen molar-refractivity contribution < 1.29 is 23.9 Å². The zero-order valence-corrected chi connectivity index (χ0v) is 21.0. The minimum absolute atomic E-state index is 0.0381. The first-order valence-corrected chi connectivity index (χ1v) is 12.1. The van der Waals surface area contributed by atoms with Crippen molar-refractivity contribution in [1.29, 1.82) is 0 Å². The Hall–Kier alpha value is -3.26. The molecule has 2 aromatic rings. The molecule has 0 saturated carbocycles. The van der Waals surface area contributed by atoms with E-state index in [0.717, 1.165) is 34.2 Å². The van der Waals surface area contributed by atoms with Gasteiger partial charge in [-0.15, -0.1) is 0 Å². The van der Waals surface area contributed by atoms with Crippen LogP contribution in [0, 0.1) is 13.8 Å². The highest BCUT2D eigenvalue weighted by Crippen LogP contribution is 2.35. The molecule has 1 fully saturated rings.